The highest BCUT2D eigenvalue weighted by Gasteiger charge is 2.26. The van der Waals surface area contributed by atoms with Crippen LogP contribution < -0.4 is 16.2 Å². The molecule has 0 bridgehead atoms. The summed E-state index contributed by atoms with van der Waals surface area (Å²) < 4.78 is 0. The maximum absolute atomic E-state index is 13.2. The van der Waals surface area contributed by atoms with Crippen molar-refractivity contribution >= 4 is 23.3 Å². The maximum Gasteiger partial charge on any atom is 0.304 e. The average Bonchev–Trinajstić information content (AvgIpc) is 2.89. The Morgan fingerprint density at radius 1 is 1.11 bits per heavy atom. The molecular formula is C30H36N4O3. The number of carbonyl (C=O) groups excluding carboxylic acids is 1. The summed E-state index contributed by atoms with van der Waals surface area (Å²) in [5, 5.41) is 11.7. The van der Waals surface area contributed by atoms with Gasteiger partial charge in [0.2, 0.25) is 0 Å². The second kappa shape index (κ2) is 11.0. The third kappa shape index (κ3) is 5.47. The normalized spacial score (nSPS) is 13.7. The number of carboxylic acid groups (broad SMARTS) is 1. The molecule has 7 heteroatoms. The summed E-state index contributed by atoms with van der Waals surface area (Å²) in [4.78, 5) is 27.0. The molecule has 0 aromatic heterocycles. The molecule has 4 N–H and O–H groups in total. The average molecular weight is 501 g/mol. The van der Waals surface area contributed by atoms with Crippen LogP contribution in [0.4, 0.5) is 11.4 Å². The fourth-order valence-electron chi connectivity index (χ4n) is 5.30. The lowest BCUT2D eigenvalue weighted by Gasteiger charge is -2.30. The van der Waals surface area contributed by atoms with Gasteiger partial charge in [-0.3, -0.25) is 9.59 Å². The lowest BCUT2D eigenvalue weighted by atomic mass is 9.83. The third-order valence-corrected chi connectivity index (χ3v) is 7.36. The van der Waals surface area contributed by atoms with Crippen molar-refractivity contribution in [3.05, 3.63) is 93.5 Å². The zero-order chi connectivity index (χ0) is 26.7. The number of carboxylic acids is 1. The molecular weight excluding hydrogens is 464 g/mol. The van der Waals surface area contributed by atoms with Gasteiger partial charge < -0.3 is 20.7 Å². The Bertz CT molecular complexity index is 1320. The van der Waals surface area contributed by atoms with Crippen molar-refractivity contribution in [3.63, 3.8) is 0 Å². The van der Waals surface area contributed by atoms with Gasteiger partial charge in [-0.2, -0.15) is 0 Å². The number of amides is 1. The van der Waals surface area contributed by atoms with Crippen LogP contribution in [0.3, 0.4) is 0 Å². The molecule has 0 aliphatic carbocycles. The van der Waals surface area contributed by atoms with Gasteiger partial charge in [-0.15, -0.1) is 0 Å². The van der Waals surface area contributed by atoms with Crippen LogP contribution in [0, 0.1) is 13.8 Å². The van der Waals surface area contributed by atoms with E-state index in [1.54, 1.807) is 0 Å². The minimum absolute atomic E-state index is 0.0195. The van der Waals surface area contributed by atoms with E-state index in [1.165, 1.54) is 5.56 Å². The van der Waals surface area contributed by atoms with Crippen molar-refractivity contribution in [1.29, 1.82) is 0 Å². The Morgan fingerprint density at radius 3 is 2.57 bits per heavy atom. The zero-order valence-corrected chi connectivity index (χ0v) is 22.0. The predicted octanol–water partition coefficient (Wildman–Crippen LogP) is 4.65. The summed E-state index contributed by atoms with van der Waals surface area (Å²) in [6.45, 7) is 7.87. The van der Waals surface area contributed by atoms with Crippen molar-refractivity contribution in [2.75, 3.05) is 30.9 Å². The largest absolute Gasteiger partial charge is 0.481 e. The van der Waals surface area contributed by atoms with Gasteiger partial charge in [-0.25, -0.2) is 5.43 Å². The van der Waals surface area contributed by atoms with Gasteiger partial charge in [0.25, 0.3) is 5.91 Å². The Labute approximate surface area is 218 Å². The summed E-state index contributed by atoms with van der Waals surface area (Å²) in [6.07, 6.45) is 0.724. The van der Waals surface area contributed by atoms with Crippen LogP contribution in [-0.4, -0.2) is 42.0 Å². The number of nitrogens with two attached hydrogens (primary N) is 1. The Kier molecular flexibility index (Phi) is 7.83. The van der Waals surface area contributed by atoms with Crippen LogP contribution in [0.5, 0.6) is 0 Å². The van der Waals surface area contributed by atoms with Gasteiger partial charge in [0.05, 0.1) is 17.8 Å². The fourth-order valence-corrected chi connectivity index (χ4v) is 5.30. The molecule has 4 rings (SSSR count). The molecule has 0 fully saturated rings. The third-order valence-electron chi connectivity index (χ3n) is 7.36. The molecule has 1 unspecified atom stereocenters. The van der Waals surface area contributed by atoms with Gasteiger partial charge in [-0.1, -0.05) is 42.0 Å². The smallest absolute Gasteiger partial charge is 0.304 e. The van der Waals surface area contributed by atoms with E-state index in [2.05, 4.69) is 17.6 Å². The number of hydrazine groups is 1. The molecule has 3 aromatic carbocycles. The summed E-state index contributed by atoms with van der Waals surface area (Å²) >= 11 is 0. The van der Waals surface area contributed by atoms with Crippen LogP contribution in [0.2, 0.25) is 0 Å². The van der Waals surface area contributed by atoms with Crippen molar-refractivity contribution in [2.45, 2.75) is 46.1 Å². The second-order valence-corrected chi connectivity index (χ2v) is 9.71. The van der Waals surface area contributed by atoms with Crippen molar-refractivity contribution in [3.8, 4) is 0 Å². The van der Waals surface area contributed by atoms with E-state index in [9.17, 15) is 14.7 Å². The lowest BCUT2D eigenvalue weighted by Crippen LogP contribution is -2.36. The number of nitrogen functional groups attached to an aromatic ring is 1. The molecule has 0 spiro atoms. The summed E-state index contributed by atoms with van der Waals surface area (Å²) in [7, 11) is 1.85. The summed E-state index contributed by atoms with van der Waals surface area (Å²) in [6, 6.07) is 17.8. The van der Waals surface area contributed by atoms with Crippen molar-refractivity contribution < 1.29 is 14.7 Å². The Hall–Kier alpha value is -3.84. The van der Waals surface area contributed by atoms with Crippen LogP contribution in [0.1, 0.15) is 63.0 Å². The topological polar surface area (TPSA) is 98.9 Å². The first kappa shape index (κ1) is 26.2. The fraction of sp³-hybridized carbons (Fsp3) is 0.333. The minimum atomic E-state index is -0.869. The number of anilines is 2. The maximum atomic E-state index is 13.2. The molecule has 7 nitrogen and oxygen atoms in total. The number of nitrogens with one attached hydrogen (secondary N) is 1. The van der Waals surface area contributed by atoms with E-state index in [0.29, 0.717) is 24.3 Å². The minimum Gasteiger partial charge on any atom is -0.481 e. The first-order chi connectivity index (χ1) is 17.7. The lowest BCUT2D eigenvalue weighted by molar-refractivity contribution is -0.137. The SMILES string of the molecule is CCN(NC)c1ccc(C(CC(=O)O)c2ccc3c(c2)CN(C(=O)c2cccc(C)c2)CC3)c(C)c1N. The molecule has 1 atom stereocenters. The van der Waals surface area contributed by atoms with Crippen LogP contribution in [0.25, 0.3) is 0 Å². The highest BCUT2D eigenvalue weighted by molar-refractivity contribution is 5.94. The molecule has 194 valence electrons. The van der Waals surface area contributed by atoms with Gasteiger partial charge in [-0.05, 0) is 73.2 Å². The van der Waals surface area contributed by atoms with E-state index in [-0.39, 0.29) is 18.2 Å². The highest BCUT2D eigenvalue weighted by atomic mass is 16.4. The standard InChI is InChI=1S/C30H36N4O3/c1-5-34(32-4)27-12-11-25(20(3)29(27)31)26(17-28(35)36)22-10-9-21-13-14-33(18-24(21)16-22)30(37)23-8-6-7-19(2)15-23/h6-12,15-16,26,32H,5,13-14,17-18,31H2,1-4H3,(H,35,36). The molecule has 3 aromatic rings. The molecule has 1 heterocycles. The number of rotatable bonds is 8. The van der Waals surface area contributed by atoms with Crippen LogP contribution >= 0.6 is 0 Å². The molecule has 1 aliphatic heterocycles. The number of aliphatic carboxylic acids is 1. The summed E-state index contributed by atoms with van der Waals surface area (Å²) in [5.74, 6) is -1.20. The van der Waals surface area contributed by atoms with Crippen molar-refractivity contribution in [2.24, 2.45) is 0 Å². The monoisotopic (exact) mass is 500 g/mol. The zero-order valence-electron chi connectivity index (χ0n) is 22.0. The number of hydrogen-bond acceptors (Lipinski definition) is 5. The summed E-state index contributed by atoms with van der Waals surface area (Å²) in [5.41, 5.74) is 17.9. The molecule has 0 saturated heterocycles. The van der Waals surface area contributed by atoms with Crippen LogP contribution in [0.15, 0.2) is 54.6 Å². The molecule has 0 radical (unpaired) electrons. The number of aryl methyl sites for hydroxylation is 1. The van der Waals surface area contributed by atoms with E-state index in [0.717, 1.165) is 46.5 Å². The van der Waals surface area contributed by atoms with E-state index in [1.807, 2.05) is 80.2 Å². The van der Waals surface area contributed by atoms with Gasteiger partial charge in [0.1, 0.15) is 0 Å². The van der Waals surface area contributed by atoms with Crippen molar-refractivity contribution in [1.82, 2.24) is 10.3 Å². The molecule has 1 amide bonds. The number of hydrogen-bond donors (Lipinski definition) is 3. The number of carbonyl (C=O) groups is 2. The van der Waals surface area contributed by atoms with Gasteiger partial charge in [0, 0.05) is 38.2 Å². The number of nitrogens with zero attached hydrogens (tertiary/aromatic N) is 2. The molecule has 37 heavy (non-hydrogen) atoms. The van der Waals surface area contributed by atoms with E-state index >= 15 is 0 Å². The molecule has 0 saturated carbocycles. The van der Waals surface area contributed by atoms with E-state index < -0.39 is 5.97 Å². The first-order valence-corrected chi connectivity index (χ1v) is 12.8. The van der Waals surface area contributed by atoms with Gasteiger partial charge >= 0.3 is 5.97 Å². The molecule has 1 aliphatic rings. The first-order valence-electron chi connectivity index (χ1n) is 12.8. The Morgan fingerprint density at radius 2 is 1.89 bits per heavy atom. The van der Waals surface area contributed by atoms with Crippen LogP contribution in [-0.2, 0) is 17.8 Å². The highest BCUT2D eigenvalue weighted by Crippen LogP contribution is 2.37. The second-order valence-electron chi connectivity index (χ2n) is 9.71. The van der Waals surface area contributed by atoms with Gasteiger partial charge in [0.15, 0.2) is 0 Å². The number of fused-ring (bicyclic) bond motifs is 1. The van der Waals surface area contributed by atoms with E-state index in [4.69, 9.17) is 5.73 Å². The predicted molar refractivity (Wildman–Crippen MR) is 148 cm³/mol. The quantitative estimate of drug-likeness (QED) is 0.308. The number of benzene rings is 3. The Balaban J connectivity index is 1.68.